The van der Waals surface area contributed by atoms with E-state index < -0.39 is 0 Å². The topological polar surface area (TPSA) is 75.9 Å². The molecule has 3 aromatic heterocycles. The Morgan fingerprint density at radius 3 is 2.96 bits per heavy atom. The van der Waals surface area contributed by atoms with Gasteiger partial charge in [0.1, 0.15) is 5.52 Å². The Balaban J connectivity index is 1.38. The Labute approximate surface area is 171 Å². The fourth-order valence-corrected chi connectivity index (χ4v) is 4.95. The number of halogens is 1. The highest BCUT2D eigenvalue weighted by atomic mass is 35.5. The monoisotopic (exact) mass is 413 g/mol. The maximum atomic E-state index is 10.2. The summed E-state index contributed by atoms with van der Waals surface area (Å²) in [5.74, 6) is 0. The van der Waals surface area contributed by atoms with Gasteiger partial charge < -0.3 is 15.0 Å². The quantitative estimate of drug-likeness (QED) is 0.516. The van der Waals surface area contributed by atoms with Crippen molar-refractivity contribution in [1.82, 2.24) is 19.5 Å². The van der Waals surface area contributed by atoms with Crippen LogP contribution >= 0.6 is 22.9 Å². The van der Waals surface area contributed by atoms with Crippen LogP contribution in [0.2, 0.25) is 5.02 Å². The van der Waals surface area contributed by atoms with Crippen molar-refractivity contribution >= 4 is 49.4 Å². The highest BCUT2D eigenvalue weighted by Crippen LogP contribution is 2.30. The van der Waals surface area contributed by atoms with Crippen LogP contribution in [-0.4, -0.2) is 36.8 Å². The van der Waals surface area contributed by atoms with Crippen molar-refractivity contribution in [2.75, 3.05) is 5.32 Å². The van der Waals surface area contributed by atoms with Crippen molar-refractivity contribution in [3.8, 4) is 0 Å². The molecule has 0 bridgehead atoms. The maximum Gasteiger partial charge on any atom is 0.184 e. The van der Waals surface area contributed by atoms with Crippen LogP contribution in [0.15, 0.2) is 36.8 Å². The number of imidazole rings is 1. The van der Waals surface area contributed by atoms with E-state index in [1.807, 2.05) is 16.7 Å². The fourth-order valence-electron chi connectivity index (χ4n) is 3.80. The zero-order valence-electron chi connectivity index (χ0n) is 15.2. The lowest BCUT2D eigenvalue weighted by Crippen LogP contribution is -2.36. The first-order chi connectivity index (χ1) is 13.7. The van der Waals surface area contributed by atoms with Gasteiger partial charge in [0.15, 0.2) is 10.8 Å². The number of anilines is 1. The van der Waals surface area contributed by atoms with E-state index in [-0.39, 0.29) is 12.1 Å². The van der Waals surface area contributed by atoms with Crippen LogP contribution in [0.25, 0.3) is 21.4 Å². The van der Waals surface area contributed by atoms with Crippen LogP contribution in [0.4, 0.5) is 5.13 Å². The van der Waals surface area contributed by atoms with Gasteiger partial charge >= 0.3 is 0 Å². The molecular weight excluding hydrogens is 394 g/mol. The number of aliphatic hydroxyl groups excluding tert-OH is 1. The maximum absolute atomic E-state index is 10.2. The van der Waals surface area contributed by atoms with Gasteiger partial charge in [-0.3, -0.25) is 0 Å². The van der Waals surface area contributed by atoms with Crippen LogP contribution in [0.3, 0.4) is 0 Å². The number of pyridine rings is 1. The molecule has 4 aromatic rings. The molecule has 8 heteroatoms. The number of nitrogens with one attached hydrogen (secondary N) is 1. The van der Waals surface area contributed by atoms with Gasteiger partial charge in [-0.15, -0.1) is 0 Å². The van der Waals surface area contributed by atoms with Gasteiger partial charge in [0.2, 0.25) is 0 Å². The van der Waals surface area contributed by atoms with Crippen molar-refractivity contribution in [2.45, 2.75) is 44.4 Å². The average Bonchev–Trinajstić information content (AvgIpc) is 3.26. The second-order valence-electron chi connectivity index (χ2n) is 7.29. The number of aliphatic hydroxyl groups is 1. The Morgan fingerprint density at radius 1 is 1.18 bits per heavy atom. The van der Waals surface area contributed by atoms with Crippen LogP contribution in [0, 0.1) is 0 Å². The number of benzene rings is 1. The van der Waals surface area contributed by atoms with Gasteiger partial charge in [0.05, 0.1) is 40.3 Å². The molecule has 6 nitrogen and oxygen atoms in total. The highest BCUT2D eigenvalue weighted by Gasteiger charge is 2.23. The molecule has 2 N–H and O–H groups in total. The van der Waals surface area contributed by atoms with E-state index in [2.05, 4.69) is 32.4 Å². The summed E-state index contributed by atoms with van der Waals surface area (Å²) in [7, 11) is 0. The van der Waals surface area contributed by atoms with Crippen LogP contribution in [0.5, 0.6) is 0 Å². The summed E-state index contributed by atoms with van der Waals surface area (Å²) in [6.07, 6.45) is 7.27. The van der Waals surface area contributed by atoms with Crippen LogP contribution in [-0.2, 0) is 6.54 Å². The zero-order valence-corrected chi connectivity index (χ0v) is 16.7. The molecule has 5 rings (SSSR count). The van der Waals surface area contributed by atoms with E-state index in [0.717, 1.165) is 57.8 Å². The molecule has 0 amide bonds. The Bertz CT molecular complexity index is 1140. The van der Waals surface area contributed by atoms with E-state index >= 15 is 0 Å². The molecule has 1 aliphatic carbocycles. The third kappa shape index (κ3) is 3.45. The van der Waals surface area contributed by atoms with Gasteiger partial charge in [0, 0.05) is 6.20 Å². The summed E-state index contributed by atoms with van der Waals surface area (Å²) < 4.78 is 3.15. The molecule has 0 unspecified atom stereocenters. The molecular formula is C20H20ClN5OS. The summed E-state index contributed by atoms with van der Waals surface area (Å²) in [6.45, 7) is 0.684. The lowest BCUT2D eigenvalue weighted by molar-refractivity contribution is 0.116. The van der Waals surface area contributed by atoms with Gasteiger partial charge in [0.25, 0.3) is 0 Å². The number of hydrogen-bond acceptors (Lipinski definition) is 6. The summed E-state index contributed by atoms with van der Waals surface area (Å²) in [6, 6.07) is 8.22. The molecule has 0 radical (unpaired) electrons. The number of rotatable bonds is 4. The van der Waals surface area contributed by atoms with Gasteiger partial charge in [-0.1, -0.05) is 41.8 Å². The molecule has 144 valence electrons. The minimum atomic E-state index is -0.285. The predicted molar refractivity (Wildman–Crippen MR) is 113 cm³/mol. The van der Waals surface area contributed by atoms with Crippen LogP contribution in [0.1, 0.15) is 31.2 Å². The molecule has 1 saturated carbocycles. The Kier molecular flexibility index (Phi) is 4.66. The van der Waals surface area contributed by atoms with Crippen molar-refractivity contribution in [2.24, 2.45) is 0 Å². The summed E-state index contributed by atoms with van der Waals surface area (Å²) >= 11 is 7.63. The number of aromatic nitrogens is 4. The Hall–Kier alpha value is -2.22. The van der Waals surface area contributed by atoms with E-state index in [4.69, 9.17) is 11.6 Å². The van der Waals surface area contributed by atoms with Crippen molar-refractivity contribution in [3.05, 3.63) is 47.4 Å². The average molecular weight is 414 g/mol. The van der Waals surface area contributed by atoms with Crippen molar-refractivity contribution in [3.63, 3.8) is 0 Å². The van der Waals surface area contributed by atoms with E-state index in [1.165, 1.54) is 0 Å². The molecule has 0 saturated heterocycles. The number of hydrogen-bond donors (Lipinski definition) is 2. The molecule has 0 aliphatic heterocycles. The van der Waals surface area contributed by atoms with Crippen molar-refractivity contribution in [1.29, 1.82) is 0 Å². The van der Waals surface area contributed by atoms with Gasteiger partial charge in [-0.25, -0.2) is 15.0 Å². The second-order valence-corrected chi connectivity index (χ2v) is 8.76. The van der Waals surface area contributed by atoms with Crippen molar-refractivity contribution < 1.29 is 5.11 Å². The Morgan fingerprint density at radius 2 is 2.07 bits per heavy atom. The lowest BCUT2D eigenvalue weighted by Gasteiger charge is -2.27. The minimum absolute atomic E-state index is 0.101. The molecule has 3 heterocycles. The van der Waals surface area contributed by atoms with E-state index in [1.54, 1.807) is 23.9 Å². The minimum Gasteiger partial charge on any atom is -0.391 e. The molecule has 1 aliphatic rings. The van der Waals surface area contributed by atoms with E-state index in [0.29, 0.717) is 11.6 Å². The van der Waals surface area contributed by atoms with Gasteiger partial charge in [-0.05, 0) is 36.6 Å². The first kappa shape index (κ1) is 17.8. The van der Waals surface area contributed by atoms with Crippen LogP contribution < -0.4 is 5.32 Å². The third-order valence-electron chi connectivity index (χ3n) is 5.27. The SMILES string of the molecule is O[C@@H]1CCCC[C@H]1Nc1nc2ccc(Cn3cnc4cc(Cl)cnc43)cc2s1. The summed E-state index contributed by atoms with van der Waals surface area (Å²) in [4.78, 5) is 13.5. The second kappa shape index (κ2) is 7.31. The standard InChI is InChI=1S/C20H20ClN5OS/c21-13-8-16-19(22-9-13)26(11-23-16)10-12-5-6-15-18(7-12)28-20(25-15)24-14-3-1-2-4-17(14)27/h5-9,11,14,17,27H,1-4,10H2,(H,24,25)/t14-,17-/m1/s1. The smallest absolute Gasteiger partial charge is 0.184 e. The largest absolute Gasteiger partial charge is 0.391 e. The number of fused-ring (bicyclic) bond motifs is 2. The molecule has 2 atom stereocenters. The fraction of sp³-hybridized carbons (Fsp3) is 0.350. The normalized spacial score (nSPS) is 20.1. The van der Waals surface area contributed by atoms with E-state index in [9.17, 15) is 5.11 Å². The predicted octanol–water partition coefficient (Wildman–Crippen LogP) is 4.46. The molecule has 28 heavy (non-hydrogen) atoms. The number of nitrogens with zero attached hydrogens (tertiary/aromatic N) is 4. The molecule has 1 aromatic carbocycles. The first-order valence-corrected chi connectivity index (χ1v) is 10.7. The summed E-state index contributed by atoms with van der Waals surface area (Å²) in [5, 5.41) is 15.1. The third-order valence-corrected chi connectivity index (χ3v) is 6.42. The summed E-state index contributed by atoms with van der Waals surface area (Å²) in [5.41, 5.74) is 3.75. The lowest BCUT2D eigenvalue weighted by atomic mass is 9.93. The van der Waals surface area contributed by atoms with Gasteiger partial charge in [-0.2, -0.15) is 0 Å². The zero-order chi connectivity index (χ0) is 19.1. The number of thiazole rings is 1. The molecule has 0 spiro atoms. The molecule has 1 fully saturated rings. The highest BCUT2D eigenvalue weighted by molar-refractivity contribution is 7.22. The first-order valence-electron chi connectivity index (χ1n) is 9.46.